The van der Waals surface area contributed by atoms with Crippen LogP contribution in [-0.4, -0.2) is 35.0 Å². The minimum Gasteiger partial charge on any atom is -0.385 e. The van der Waals surface area contributed by atoms with Crippen molar-refractivity contribution >= 4 is 11.9 Å². The van der Waals surface area contributed by atoms with Gasteiger partial charge in [-0.3, -0.25) is 10.1 Å². The molecule has 1 atom stereocenters. The molecule has 178 valence electrons. The van der Waals surface area contributed by atoms with E-state index in [0.717, 1.165) is 42.4 Å². The minimum atomic E-state index is -0.960. The van der Waals surface area contributed by atoms with E-state index in [2.05, 4.69) is 38.2 Å². The van der Waals surface area contributed by atoms with Crippen molar-refractivity contribution < 1.29 is 14.7 Å². The van der Waals surface area contributed by atoms with Gasteiger partial charge in [-0.1, -0.05) is 88.2 Å². The van der Waals surface area contributed by atoms with Gasteiger partial charge < -0.3 is 10.0 Å². The Bertz CT molecular complexity index is 900. The first-order chi connectivity index (χ1) is 15.8. The molecule has 0 aromatic heterocycles. The molecule has 3 amide bonds. The molecule has 0 radical (unpaired) electrons. The third-order valence-corrected chi connectivity index (χ3v) is 6.74. The van der Waals surface area contributed by atoms with Crippen molar-refractivity contribution in [3.63, 3.8) is 0 Å². The number of imide groups is 1. The highest BCUT2D eigenvalue weighted by Crippen LogP contribution is 2.34. The molecule has 5 nitrogen and oxygen atoms in total. The number of likely N-dealkylation sites (tertiary alicyclic amines) is 1. The molecule has 1 heterocycles. The third-order valence-electron chi connectivity index (χ3n) is 6.74. The van der Waals surface area contributed by atoms with Crippen LogP contribution in [-0.2, 0) is 10.4 Å². The number of aliphatic hydroxyl groups is 1. The van der Waals surface area contributed by atoms with Gasteiger partial charge in [0.2, 0.25) is 5.91 Å². The smallest absolute Gasteiger partial charge is 0.324 e. The van der Waals surface area contributed by atoms with Crippen LogP contribution < -0.4 is 5.32 Å². The van der Waals surface area contributed by atoms with E-state index in [9.17, 15) is 14.7 Å². The molecule has 2 aromatic rings. The number of benzene rings is 2. The van der Waals surface area contributed by atoms with E-state index in [1.54, 1.807) is 4.90 Å². The first-order valence-electron chi connectivity index (χ1n) is 12.3. The van der Waals surface area contributed by atoms with Crippen LogP contribution in [0.15, 0.2) is 54.6 Å². The molecular weight excluding hydrogens is 412 g/mol. The molecule has 0 bridgehead atoms. The predicted molar refractivity (Wildman–Crippen MR) is 133 cm³/mol. The second-order valence-electron chi connectivity index (χ2n) is 9.71. The van der Waals surface area contributed by atoms with Crippen molar-refractivity contribution in [1.82, 2.24) is 10.2 Å². The fraction of sp³-hybridized carbons (Fsp3) is 0.500. The van der Waals surface area contributed by atoms with Gasteiger partial charge in [-0.2, -0.15) is 0 Å². The van der Waals surface area contributed by atoms with E-state index in [4.69, 9.17) is 0 Å². The number of carbonyl (C=O) groups excluding carboxylic acids is 2. The Morgan fingerprint density at radius 2 is 1.55 bits per heavy atom. The van der Waals surface area contributed by atoms with Crippen molar-refractivity contribution in [2.75, 3.05) is 13.1 Å². The van der Waals surface area contributed by atoms with Gasteiger partial charge in [0.15, 0.2) is 0 Å². The van der Waals surface area contributed by atoms with Crippen LogP contribution >= 0.6 is 0 Å². The molecule has 2 aromatic carbocycles. The number of piperidine rings is 1. The van der Waals surface area contributed by atoms with Gasteiger partial charge in [-0.15, -0.1) is 0 Å². The monoisotopic (exact) mass is 450 g/mol. The minimum absolute atomic E-state index is 0.119. The van der Waals surface area contributed by atoms with Crippen LogP contribution in [0.5, 0.6) is 0 Å². The maximum absolute atomic E-state index is 12.7. The van der Waals surface area contributed by atoms with E-state index < -0.39 is 5.60 Å². The molecule has 1 aliphatic rings. The first kappa shape index (κ1) is 25.0. The Kier molecular flexibility index (Phi) is 8.67. The lowest BCUT2D eigenvalue weighted by atomic mass is 9.84. The first-order valence-corrected chi connectivity index (χ1v) is 12.3. The van der Waals surface area contributed by atoms with Gasteiger partial charge in [-0.25, -0.2) is 4.79 Å². The third kappa shape index (κ3) is 6.67. The number of hydrogen-bond donors (Lipinski definition) is 2. The molecule has 5 heteroatoms. The highest BCUT2D eigenvalue weighted by atomic mass is 16.3. The highest BCUT2D eigenvalue weighted by Gasteiger charge is 2.36. The van der Waals surface area contributed by atoms with Crippen LogP contribution in [0.3, 0.4) is 0 Å². The maximum atomic E-state index is 12.7. The van der Waals surface area contributed by atoms with Gasteiger partial charge in [0.25, 0.3) is 0 Å². The zero-order valence-electron chi connectivity index (χ0n) is 20.2. The normalized spacial score (nSPS) is 16.5. The largest absolute Gasteiger partial charge is 0.385 e. The number of nitrogens with one attached hydrogen (secondary N) is 1. The quantitative estimate of drug-likeness (QED) is 0.540. The van der Waals surface area contributed by atoms with Crippen LogP contribution in [0, 0.1) is 11.8 Å². The summed E-state index contributed by atoms with van der Waals surface area (Å²) in [7, 11) is 0. The molecule has 0 spiro atoms. The summed E-state index contributed by atoms with van der Waals surface area (Å²) < 4.78 is 0. The van der Waals surface area contributed by atoms with Gasteiger partial charge in [0, 0.05) is 19.0 Å². The van der Waals surface area contributed by atoms with E-state index >= 15 is 0 Å². The van der Waals surface area contributed by atoms with Crippen molar-refractivity contribution in [1.29, 1.82) is 0 Å². The SMILES string of the molecule is CCC[C@@H](CCC(C)C)C(=O)NC(=O)N1CCC(O)(c2ccc(-c3ccccc3)cc2)CC1. The second kappa shape index (κ2) is 11.5. The van der Waals surface area contributed by atoms with Gasteiger partial charge in [0.1, 0.15) is 0 Å². The van der Waals surface area contributed by atoms with Crippen LogP contribution in [0.25, 0.3) is 11.1 Å². The van der Waals surface area contributed by atoms with Crippen LogP contribution in [0.4, 0.5) is 4.79 Å². The van der Waals surface area contributed by atoms with Crippen molar-refractivity contribution in [3.8, 4) is 11.1 Å². The number of carbonyl (C=O) groups is 2. The van der Waals surface area contributed by atoms with E-state index in [1.807, 2.05) is 42.5 Å². The Labute approximate surface area is 198 Å². The topological polar surface area (TPSA) is 69.6 Å². The summed E-state index contributed by atoms with van der Waals surface area (Å²) in [6.07, 6.45) is 4.40. The number of urea groups is 1. The molecule has 1 aliphatic heterocycles. The van der Waals surface area contributed by atoms with Gasteiger partial charge in [0.05, 0.1) is 5.60 Å². The molecular formula is C28H38N2O3. The predicted octanol–water partition coefficient (Wildman–Crippen LogP) is 5.73. The fourth-order valence-corrected chi connectivity index (χ4v) is 4.55. The lowest BCUT2D eigenvalue weighted by Gasteiger charge is -2.38. The number of hydrogen-bond acceptors (Lipinski definition) is 3. The van der Waals surface area contributed by atoms with Crippen molar-refractivity contribution in [3.05, 3.63) is 60.2 Å². The molecule has 2 N–H and O–H groups in total. The molecule has 0 aliphatic carbocycles. The van der Waals surface area contributed by atoms with E-state index in [0.29, 0.717) is 31.8 Å². The van der Waals surface area contributed by atoms with Gasteiger partial charge in [-0.05, 0) is 48.3 Å². The van der Waals surface area contributed by atoms with E-state index in [1.165, 1.54) is 0 Å². The summed E-state index contributed by atoms with van der Waals surface area (Å²) in [4.78, 5) is 27.1. The highest BCUT2D eigenvalue weighted by molar-refractivity contribution is 5.95. The average molecular weight is 451 g/mol. The molecule has 0 saturated carbocycles. The summed E-state index contributed by atoms with van der Waals surface area (Å²) in [5, 5.41) is 13.9. The Hall–Kier alpha value is -2.66. The summed E-state index contributed by atoms with van der Waals surface area (Å²) >= 11 is 0. The number of amides is 3. The lowest BCUT2D eigenvalue weighted by molar-refractivity contribution is -0.124. The van der Waals surface area contributed by atoms with Gasteiger partial charge >= 0.3 is 6.03 Å². The summed E-state index contributed by atoms with van der Waals surface area (Å²) in [6, 6.07) is 17.8. The molecule has 3 rings (SSSR count). The molecule has 33 heavy (non-hydrogen) atoms. The maximum Gasteiger partial charge on any atom is 0.324 e. The Balaban J connectivity index is 1.55. The average Bonchev–Trinajstić information content (AvgIpc) is 2.82. The number of rotatable bonds is 8. The summed E-state index contributed by atoms with van der Waals surface area (Å²) in [5.41, 5.74) is 2.16. The van der Waals surface area contributed by atoms with E-state index in [-0.39, 0.29) is 17.9 Å². The Morgan fingerprint density at radius 1 is 0.939 bits per heavy atom. The zero-order valence-corrected chi connectivity index (χ0v) is 20.2. The number of nitrogens with zero attached hydrogens (tertiary/aromatic N) is 1. The molecule has 1 saturated heterocycles. The van der Waals surface area contributed by atoms with Crippen molar-refractivity contribution in [2.45, 2.75) is 64.9 Å². The van der Waals surface area contributed by atoms with Crippen LogP contribution in [0.2, 0.25) is 0 Å². The molecule has 0 unspecified atom stereocenters. The molecule has 1 fully saturated rings. The summed E-state index contributed by atoms with van der Waals surface area (Å²) in [5.74, 6) is 0.250. The summed E-state index contributed by atoms with van der Waals surface area (Å²) in [6.45, 7) is 7.20. The zero-order chi connectivity index (χ0) is 23.8. The van der Waals surface area contributed by atoms with Crippen LogP contribution in [0.1, 0.15) is 64.9 Å². The lowest BCUT2D eigenvalue weighted by Crippen LogP contribution is -2.51. The fourth-order valence-electron chi connectivity index (χ4n) is 4.55. The standard InChI is InChI=1S/C28H38N2O3/c1-4-8-24(12-11-21(2)3)26(31)29-27(32)30-19-17-28(33,18-20-30)25-15-13-23(14-16-25)22-9-6-5-7-10-22/h5-7,9-10,13-16,21,24,33H,4,8,11-12,17-20H2,1-3H3,(H,29,31,32)/t24-/m0/s1. The Morgan fingerprint density at radius 3 is 2.12 bits per heavy atom. The van der Waals surface area contributed by atoms with Crippen molar-refractivity contribution in [2.24, 2.45) is 11.8 Å². The second-order valence-corrected chi connectivity index (χ2v) is 9.71.